The molecule has 1 heterocycles. The number of hydrogen-bond acceptors (Lipinski definition) is 4. The van der Waals surface area contributed by atoms with E-state index in [1.54, 1.807) is 18.2 Å². The first kappa shape index (κ1) is 13.4. The Labute approximate surface area is 123 Å². The van der Waals surface area contributed by atoms with Crippen LogP contribution in [0.1, 0.15) is 5.69 Å². The standard InChI is InChI=1S/C11H4Cl3N3S/c12-6-2-1-3-8(10(6)14)18-11-7(4-15)17-9(13)5-16-11/h1-3,5H. The third-order valence-corrected chi connectivity index (χ3v) is 4.10. The minimum absolute atomic E-state index is 0.156. The zero-order valence-corrected chi connectivity index (χ0v) is 11.8. The molecule has 0 bridgehead atoms. The maximum absolute atomic E-state index is 8.96. The van der Waals surface area contributed by atoms with Crippen LogP contribution in [0.2, 0.25) is 15.2 Å². The topological polar surface area (TPSA) is 49.6 Å². The Bertz CT molecular complexity index is 640. The summed E-state index contributed by atoms with van der Waals surface area (Å²) >= 11 is 18.9. The summed E-state index contributed by atoms with van der Waals surface area (Å²) in [5.41, 5.74) is 0.156. The Morgan fingerprint density at radius 3 is 2.72 bits per heavy atom. The second-order valence-corrected chi connectivity index (χ2v) is 5.32. The Balaban J connectivity index is 2.41. The summed E-state index contributed by atoms with van der Waals surface area (Å²) in [6.07, 6.45) is 1.38. The molecule has 7 heteroatoms. The lowest BCUT2D eigenvalue weighted by Crippen LogP contribution is -1.91. The van der Waals surface area contributed by atoms with Gasteiger partial charge in [0.05, 0.1) is 16.2 Å². The predicted molar refractivity (Wildman–Crippen MR) is 72.3 cm³/mol. The van der Waals surface area contributed by atoms with Gasteiger partial charge in [0.1, 0.15) is 16.2 Å². The van der Waals surface area contributed by atoms with Crippen LogP contribution in [-0.2, 0) is 0 Å². The molecular weight excluding hydrogens is 313 g/mol. The second kappa shape index (κ2) is 5.77. The zero-order valence-electron chi connectivity index (χ0n) is 8.69. The van der Waals surface area contributed by atoms with Crippen LogP contribution in [0.15, 0.2) is 34.3 Å². The SMILES string of the molecule is N#Cc1nc(Cl)cnc1Sc1cccc(Cl)c1Cl. The van der Waals surface area contributed by atoms with Crippen molar-refractivity contribution in [3.8, 4) is 6.07 Å². The molecule has 0 amide bonds. The van der Waals surface area contributed by atoms with Crippen molar-refractivity contribution < 1.29 is 0 Å². The van der Waals surface area contributed by atoms with Crippen LogP contribution in [0.4, 0.5) is 0 Å². The molecule has 0 aliphatic heterocycles. The Morgan fingerprint density at radius 2 is 2.00 bits per heavy atom. The normalized spacial score (nSPS) is 10.1. The minimum Gasteiger partial charge on any atom is -0.243 e. The third kappa shape index (κ3) is 2.88. The van der Waals surface area contributed by atoms with Gasteiger partial charge in [0.2, 0.25) is 0 Å². The second-order valence-electron chi connectivity index (χ2n) is 3.11. The fourth-order valence-electron chi connectivity index (χ4n) is 1.17. The van der Waals surface area contributed by atoms with Crippen LogP contribution in [-0.4, -0.2) is 9.97 Å². The van der Waals surface area contributed by atoms with E-state index in [4.69, 9.17) is 40.1 Å². The Morgan fingerprint density at radius 1 is 1.22 bits per heavy atom. The summed E-state index contributed by atoms with van der Waals surface area (Å²) in [4.78, 5) is 8.65. The van der Waals surface area contributed by atoms with Crippen molar-refractivity contribution in [2.45, 2.75) is 9.92 Å². The number of nitriles is 1. The van der Waals surface area contributed by atoms with Crippen molar-refractivity contribution in [2.75, 3.05) is 0 Å². The lowest BCUT2D eigenvalue weighted by Gasteiger charge is -2.05. The molecule has 18 heavy (non-hydrogen) atoms. The number of aromatic nitrogens is 2. The van der Waals surface area contributed by atoms with E-state index < -0.39 is 0 Å². The number of hydrogen-bond donors (Lipinski definition) is 0. The molecular formula is C11H4Cl3N3S. The molecule has 0 N–H and O–H groups in total. The minimum atomic E-state index is 0.156. The lowest BCUT2D eigenvalue weighted by atomic mass is 10.4. The average molecular weight is 317 g/mol. The van der Waals surface area contributed by atoms with E-state index >= 15 is 0 Å². The van der Waals surface area contributed by atoms with Crippen molar-refractivity contribution in [1.82, 2.24) is 9.97 Å². The Hall–Kier alpha value is -0.990. The first-order valence-electron chi connectivity index (χ1n) is 4.66. The molecule has 0 saturated heterocycles. The molecule has 2 rings (SSSR count). The Kier molecular flexibility index (Phi) is 4.31. The maximum atomic E-state index is 8.96. The third-order valence-electron chi connectivity index (χ3n) is 1.94. The van der Waals surface area contributed by atoms with Crippen molar-refractivity contribution in [1.29, 1.82) is 5.26 Å². The van der Waals surface area contributed by atoms with Gasteiger partial charge in [-0.2, -0.15) is 5.26 Å². The monoisotopic (exact) mass is 315 g/mol. The van der Waals surface area contributed by atoms with Crippen LogP contribution >= 0.6 is 46.6 Å². The van der Waals surface area contributed by atoms with E-state index in [0.29, 0.717) is 20.0 Å². The summed E-state index contributed by atoms with van der Waals surface area (Å²) in [6.45, 7) is 0. The summed E-state index contributed by atoms with van der Waals surface area (Å²) in [6, 6.07) is 7.18. The maximum Gasteiger partial charge on any atom is 0.174 e. The van der Waals surface area contributed by atoms with Crippen LogP contribution in [0, 0.1) is 11.3 Å². The van der Waals surface area contributed by atoms with Gasteiger partial charge >= 0.3 is 0 Å². The molecule has 0 atom stereocenters. The zero-order chi connectivity index (χ0) is 13.1. The molecule has 2 aromatic rings. The molecule has 1 aromatic carbocycles. The quantitative estimate of drug-likeness (QED) is 0.820. The van der Waals surface area contributed by atoms with Crippen molar-refractivity contribution in [3.63, 3.8) is 0 Å². The molecule has 0 aliphatic rings. The van der Waals surface area contributed by atoms with Gasteiger partial charge in [0, 0.05) is 4.90 Å². The van der Waals surface area contributed by atoms with Gasteiger partial charge in [-0.1, -0.05) is 52.6 Å². The van der Waals surface area contributed by atoms with E-state index in [-0.39, 0.29) is 10.8 Å². The number of rotatable bonds is 2. The molecule has 0 fully saturated rings. The van der Waals surface area contributed by atoms with E-state index in [1.807, 2.05) is 6.07 Å². The van der Waals surface area contributed by atoms with Gasteiger partial charge in [0.15, 0.2) is 5.69 Å². The molecule has 0 aliphatic carbocycles. The lowest BCUT2D eigenvalue weighted by molar-refractivity contribution is 1.02. The summed E-state index contributed by atoms with van der Waals surface area (Å²) in [5.74, 6) is 0. The summed E-state index contributed by atoms with van der Waals surface area (Å²) < 4.78 is 0. The number of halogens is 3. The number of nitrogens with zero attached hydrogens (tertiary/aromatic N) is 3. The van der Waals surface area contributed by atoms with Gasteiger partial charge in [-0.05, 0) is 12.1 Å². The first-order chi connectivity index (χ1) is 8.61. The number of benzene rings is 1. The fraction of sp³-hybridized carbons (Fsp3) is 0. The molecule has 3 nitrogen and oxygen atoms in total. The largest absolute Gasteiger partial charge is 0.243 e. The van der Waals surface area contributed by atoms with Gasteiger partial charge in [-0.25, -0.2) is 9.97 Å². The molecule has 0 saturated carbocycles. The fourth-order valence-corrected chi connectivity index (χ4v) is 2.62. The van der Waals surface area contributed by atoms with Gasteiger partial charge in [-0.15, -0.1) is 0 Å². The van der Waals surface area contributed by atoms with Crippen LogP contribution in [0.25, 0.3) is 0 Å². The van der Waals surface area contributed by atoms with Crippen molar-refractivity contribution >= 4 is 46.6 Å². The van der Waals surface area contributed by atoms with Crippen LogP contribution < -0.4 is 0 Å². The van der Waals surface area contributed by atoms with Crippen LogP contribution in [0.3, 0.4) is 0 Å². The van der Waals surface area contributed by atoms with Gasteiger partial charge in [-0.3, -0.25) is 0 Å². The summed E-state index contributed by atoms with van der Waals surface area (Å²) in [7, 11) is 0. The summed E-state index contributed by atoms with van der Waals surface area (Å²) in [5, 5.41) is 10.4. The van der Waals surface area contributed by atoms with E-state index in [1.165, 1.54) is 18.0 Å². The van der Waals surface area contributed by atoms with Crippen molar-refractivity contribution in [2.24, 2.45) is 0 Å². The molecule has 90 valence electrons. The molecule has 0 radical (unpaired) electrons. The first-order valence-corrected chi connectivity index (χ1v) is 6.61. The highest BCUT2D eigenvalue weighted by Gasteiger charge is 2.12. The predicted octanol–water partition coefficient (Wildman–Crippen LogP) is 4.46. The van der Waals surface area contributed by atoms with Crippen LogP contribution in [0.5, 0.6) is 0 Å². The molecule has 0 unspecified atom stereocenters. The smallest absolute Gasteiger partial charge is 0.174 e. The van der Waals surface area contributed by atoms with E-state index in [9.17, 15) is 0 Å². The highest BCUT2D eigenvalue weighted by molar-refractivity contribution is 7.99. The van der Waals surface area contributed by atoms with E-state index in [0.717, 1.165) is 0 Å². The highest BCUT2D eigenvalue weighted by atomic mass is 35.5. The molecule has 1 aromatic heterocycles. The van der Waals surface area contributed by atoms with Gasteiger partial charge in [0.25, 0.3) is 0 Å². The van der Waals surface area contributed by atoms with E-state index in [2.05, 4.69) is 9.97 Å². The highest BCUT2D eigenvalue weighted by Crippen LogP contribution is 2.37. The van der Waals surface area contributed by atoms with Crippen molar-refractivity contribution in [3.05, 3.63) is 45.3 Å². The molecule has 0 spiro atoms. The van der Waals surface area contributed by atoms with Gasteiger partial charge < -0.3 is 0 Å². The average Bonchev–Trinajstić information content (AvgIpc) is 2.37.